The van der Waals surface area contributed by atoms with Gasteiger partial charge in [-0.15, -0.1) is 24.0 Å². The molecule has 0 atom stereocenters. The lowest BCUT2D eigenvalue weighted by atomic mass is 9.99. The maximum absolute atomic E-state index is 11.1. The molecule has 9 heteroatoms. The van der Waals surface area contributed by atoms with Crippen LogP contribution in [0.15, 0.2) is 39.8 Å². The summed E-state index contributed by atoms with van der Waals surface area (Å²) < 4.78 is 5.41. The Kier molecular flexibility index (Phi) is 10.5. The van der Waals surface area contributed by atoms with E-state index in [0.29, 0.717) is 30.5 Å². The van der Waals surface area contributed by atoms with Gasteiger partial charge < -0.3 is 15.2 Å². The number of nitro benzene ring substituents is 1. The fourth-order valence-electron chi connectivity index (χ4n) is 2.81. The molecule has 28 heavy (non-hydrogen) atoms. The van der Waals surface area contributed by atoms with Gasteiger partial charge in [0.2, 0.25) is 0 Å². The third kappa shape index (κ3) is 6.77. The van der Waals surface area contributed by atoms with Crippen molar-refractivity contribution in [1.29, 1.82) is 0 Å². The topological polar surface area (TPSA) is 106 Å². The largest absolute Gasteiger partial charge is 0.359 e. The summed E-state index contributed by atoms with van der Waals surface area (Å²) in [5.74, 6) is 1.70. The van der Waals surface area contributed by atoms with Crippen molar-refractivity contribution in [1.82, 2.24) is 15.8 Å². The quantitative estimate of drug-likeness (QED) is 0.174. The van der Waals surface area contributed by atoms with Gasteiger partial charge in [0, 0.05) is 24.6 Å². The molecule has 0 radical (unpaired) electrons. The molecule has 0 saturated carbocycles. The number of aromatic nitrogens is 1. The second-order valence-corrected chi connectivity index (χ2v) is 6.17. The van der Waals surface area contributed by atoms with Gasteiger partial charge >= 0.3 is 0 Å². The summed E-state index contributed by atoms with van der Waals surface area (Å²) in [6, 6.07) is 8.58. The number of hydrogen-bond acceptors (Lipinski definition) is 5. The Bertz CT molecular complexity index is 774. The Morgan fingerprint density at radius 2 is 1.96 bits per heavy atom. The Labute approximate surface area is 182 Å². The summed E-state index contributed by atoms with van der Waals surface area (Å²) in [6.07, 6.45) is 2.05. The van der Waals surface area contributed by atoms with Crippen LogP contribution in [0.5, 0.6) is 0 Å². The van der Waals surface area contributed by atoms with Crippen LogP contribution in [0.4, 0.5) is 5.69 Å². The molecule has 0 aliphatic rings. The van der Waals surface area contributed by atoms with E-state index in [2.05, 4.69) is 34.6 Å². The van der Waals surface area contributed by atoms with Crippen molar-refractivity contribution in [2.24, 2.45) is 4.99 Å². The molecular weight excluding hydrogens is 473 g/mol. The molecule has 154 valence electrons. The molecule has 1 aromatic carbocycles. The number of hydrogen-bond donors (Lipinski definition) is 2. The molecule has 0 aliphatic carbocycles. The van der Waals surface area contributed by atoms with Crippen molar-refractivity contribution < 1.29 is 9.45 Å². The van der Waals surface area contributed by atoms with Gasteiger partial charge in [-0.3, -0.25) is 10.1 Å². The van der Waals surface area contributed by atoms with Crippen LogP contribution in [0, 0.1) is 10.1 Å². The van der Waals surface area contributed by atoms with E-state index in [9.17, 15) is 10.1 Å². The van der Waals surface area contributed by atoms with E-state index in [-0.39, 0.29) is 41.1 Å². The summed E-state index contributed by atoms with van der Waals surface area (Å²) >= 11 is 0. The lowest BCUT2D eigenvalue weighted by Gasteiger charge is -2.10. The number of guanidine groups is 1. The summed E-state index contributed by atoms with van der Waals surface area (Å²) in [4.78, 5) is 15.2. The fourth-order valence-corrected chi connectivity index (χ4v) is 2.81. The summed E-state index contributed by atoms with van der Waals surface area (Å²) in [7, 11) is 0. The first-order valence-corrected chi connectivity index (χ1v) is 9.28. The number of nitrogens with one attached hydrogen (secondary N) is 2. The second-order valence-electron chi connectivity index (χ2n) is 6.17. The number of nitrogens with zero attached hydrogens (tertiary/aromatic N) is 3. The lowest BCUT2D eigenvalue weighted by Crippen LogP contribution is -2.36. The third-order valence-corrected chi connectivity index (χ3v) is 4.35. The van der Waals surface area contributed by atoms with Crippen molar-refractivity contribution in [3.05, 3.63) is 57.5 Å². The Morgan fingerprint density at radius 3 is 2.61 bits per heavy atom. The van der Waals surface area contributed by atoms with E-state index in [0.717, 1.165) is 24.3 Å². The maximum Gasteiger partial charge on any atom is 0.274 e. The van der Waals surface area contributed by atoms with Gasteiger partial charge in [0.25, 0.3) is 5.69 Å². The monoisotopic (exact) mass is 501 g/mol. The van der Waals surface area contributed by atoms with E-state index >= 15 is 0 Å². The van der Waals surface area contributed by atoms with E-state index in [1.54, 1.807) is 18.2 Å². The van der Waals surface area contributed by atoms with Crippen LogP contribution < -0.4 is 10.6 Å². The third-order valence-electron chi connectivity index (χ3n) is 4.35. The van der Waals surface area contributed by atoms with E-state index in [1.165, 1.54) is 6.07 Å². The fraction of sp³-hybridized carbons (Fsp3) is 0.474. The summed E-state index contributed by atoms with van der Waals surface area (Å²) in [5, 5.41) is 21.6. The molecule has 8 nitrogen and oxygen atoms in total. The average Bonchev–Trinajstić information content (AvgIpc) is 3.14. The first-order valence-electron chi connectivity index (χ1n) is 9.28. The molecule has 0 amide bonds. The molecular formula is C19H28IN5O3. The molecule has 0 saturated heterocycles. The van der Waals surface area contributed by atoms with Gasteiger partial charge in [-0.1, -0.05) is 37.2 Å². The molecule has 1 aromatic heterocycles. The van der Waals surface area contributed by atoms with Crippen LogP contribution in [-0.2, 0) is 13.1 Å². The summed E-state index contributed by atoms with van der Waals surface area (Å²) in [5.41, 5.74) is 1.61. The highest BCUT2D eigenvalue weighted by atomic mass is 127. The highest BCUT2D eigenvalue weighted by Gasteiger charge is 2.14. The zero-order chi connectivity index (χ0) is 19.6. The van der Waals surface area contributed by atoms with E-state index in [4.69, 9.17) is 4.52 Å². The van der Waals surface area contributed by atoms with Gasteiger partial charge in [0.05, 0.1) is 29.3 Å². The minimum atomic E-state index is -0.390. The van der Waals surface area contributed by atoms with Crippen molar-refractivity contribution in [3.63, 3.8) is 0 Å². The predicted octanol–water partition coefficient (Wildman–Crippen LogP) is 4.36. The number of benzene rings is 1. The Morgan fingerprint density at radius 1 is 1.25 bits per heavy atom. The number of halogens is 1. The van der Waals surface area contributed by atoms with Crippen LogP contribution in [0.3, 0.4) is 0 Å². The van der Waals surface area contributed by atoms with Crippen molar-refractivity contribution in [2.75, 3.05) is 6.54 Å². The number of rotatable bonds is 9. The minimum absolute atomic E-state index is 0. The second kappa shape index (κ2) is 12.3. The van der Waals surface area contributed by atoms with Crippen LogP contribution >= 0.6 is 24.0 Å². The van der Waals surface area contributed by atoms with E-state index in [1.807, 2.05) is 13.0 Å². The molecule has 0 bridgehead atoms. The molecule has 2 aromatic rings. The van der Waals surface area contributed by atoms with Gasteiger partial charge in [0.15, 0.2) is 11.7 Å². The molecule has 2 rings (SSSR count). The first-order chi connectivity index (χ1) is 13.1. The van der Waals surface area contributed by atoms with Crippen molar-refractivity contribution >= 4 is 35.6 Å². The van der Waals surface area contributed by atoms with Crippen molar-refractivity contribution in [2.45, 2.75) is 52.6 Å². The SMILES string of the molecule is CCNC(=NCc1ccccc1[N+](=O)[O-])NCc1cc(C(CC)CC)no1.I. The van der Waals surface area contributed by atoms with E-state index < -0.39 is 0 Å². The zero-order valence-corrected chi connectivity index (χ0v) is 18.8. The zero-order valence-electron chi connectivity index (χ0n) is 16.5. The number of nitro groups is 1. The predicted molar refractivity (Wildman–Crippen MR) is 120 cm³/mol. The van der Waals surface area contributed by atoms with Gasteiger partial charge in [0.1, 0.15) is 0 Å². The standard InChI is InChI=1S/C19H27N5O3.HI/c1-4-14(5-2)17-11-16(27-23-17)13-22-19(20-6-3)21-12-15-9-7-8-10-18(15)24(25)26;/h7-11,14H,4-6,12-13H2,1-3H3,(H2,20,21,22);1H. The normalized spacial score (nSPS) is 11.2. The van der Waals surface area contributed by atoms with Crippen LogP contribution in [0.2, 0.25) is 0 Å². The number of para-hydroxylation sites is 1. The molecule has 2 N–H and O–H groups in total. The highest BCUT2D eigenvalue weighted by molar-refractivity contribution is 14.0. The average molecular weight is 501 g/mol. The maximum atomic E-state index is 11.1. The minimum Gasteiger partial charge on any atom is -0.359 e. The van der Waals surface area contributed by atoms with Gasteiger partial charge in [-0.25, -0.2) is 4.99 Å². The van der Waals surface area contributed by atoms with Crippen molar-refractivity contribution in [3.8, 4) is 0 Å². The Balaban J connectivity index is 0.00000392. The molecule has 0 spiro atoms. The molecule has 0 aliphatic heterocycles. The van der Waals surface area contributed by atoms with Crippen LogP contribution in [0.1, 0.15) is 56.5 Å². The first kappa shape index (κ1) is 23.9. The lowest BCUT2D eigenvalue weighted by molar-refractivity contribution is -0.385. The van der Waals surface area contributed by atoms with Crippen LogP contribution in [0.25, 0.3) is 0 Å². The van der Waals surface area contributed by atoms with Gasteiger partial charge in [-0.2, -0.15) is 0 Å². The molecule has 0 fully saturated rings. The highest BCUT2D eigenvalue weighted by Crippen LogP contribution is 2.22. The molecule has 0 unspecified atom stereocenters. The molecule has 1 heterocycles. The van der Waals surface area contributed by atoms with Crippen LogP contribution in [-0.4, -0.2) is 22.6 Å². The number of aliphatic imine (C=N–C) groups is 1. The smallest absolute Gasteiger partial charge is 0.274 e. The van der Waals surface area contributed by atoms with Gasteiger partial charge in [-0.05, 0) is 19.8 Å². The Hall–Kier alpha value is -2.17. The summed E-state index contributed by atoms with van der Waals surface area (Å²) in [6.45, 7) is 7.57.